The van der Waals surface area contributed by atoms with E-state index in [0.29, 0.717) is 5.69 Å². The molecule has 0 aliphatic rings. The lowest BCUT2D eigenvalue weighted by molar-refractivity contribution is 0.0594. The number of hydrogen-bond acceptors (Lipinski definition) is 5. The number of aromatic nitrogens is 1. The van der Waals surface area contributed by atoms with E-state index in [2.05, 4.69) is 29.6 Å². The second-order valence-corrected chi connectivity index (χ2v) is 5.08. The van der Waals surface area contributed by atoms with Crippen LogP contribution in [0.1, 0.15) is 55.0 Å². The number of hydrogen-bond donors (Lipinski definition) is 0. The molecule has 0 atom stereocenters. The maximum Gasteiger partial charge on any atom is 0.357 e. The Morgan fingerprint density at radius 2 is 2.11 bits per heavy atom. The molecule has 0 aliphatic heterocycles. The van der Waals surface area contributed by atoms with Crippen LogP contribution in [-0.4, -0.2) is 18.1 Å². The van der Waals surface area contributed by atoms with Gasteiger partial charge in [-0.2, -0.15) is 5.26 Å². The van der Waals surface area contributed by atoms with Gasteiger partial charge in [0.25, 0.3) is 0 Å². The molecule has 5 heteroatoms. The van der Waals surface area contributed by atoms with Gasteiger partial charge >= 0.3 is 5.97 Å². The summed E-state index contributed by atoms with van der Waals surface area (Å²) in [6.07, 6.45) is 3.37. The molecule has 0 bridgehead atoms. The molecule has 0 unspecified atom stereocenters. The summed E-state index contributed by atoms with van der Waals surface area (Å²) >= 11 is 1.37. The molecule has 1 heterocycles. The van der Waals surface area contributed by atoms with E-state index in [1.807, 2.05) is 0 Å². The van der Waals surface area contributed by atoms with Gasteiger partial charge < -0.3 is 4.74 Å². The van der Waals surface area contributed by atoms with Crippen LogP contribution in [0.2, 0.25) is 0 Å². The number of nitriles is 1. The topological polar surface area (TPSA) is 63.0 Å². The van der Waals surface area contributed by atoms with Gasteiger partial charge in [0.15, 0.2) is 5.69 Å². The Morgan fingerprint density at radius 1 is 1.50 bits per heavy atom. The van der Waals surface area contributed by atoms with Crippen LogP contribution in [0.25, 0.3) is 0 Å². The van der Waals surface area contributed by atoms with Gasteiger partial charge in [-0.25, -0.2) is 9.78 Å². The average Bonchev–Trinajstić information content (AvgIpc) is 2.87. The van der Waals surface area contributed by atoms with Gasteiger partial charge in [0.2, 0.25) is 0 Å². The fourth-order valence-corrected chi connectivity index (χ4v) is 3.04. The number of thiazole rings is 1. The number of rotatable bonds is 6. The minimum Gasteiger partial charge on any atom is -0.464 e. The third kappa shape index (κ3) is 2.88. The van der Waals surface area contributed by atoms with Crippen molar-refractivity contribution in [2.45, 2.75) is 44.9 Å². The molecule has 0 aliphatic carbocycles. The summed E-state index contributed by atoms with van der Waals surface area (Å²) in [7, 11) is 1.33. The Balaban J connectivity index is 3.10. The van der Waals surface area contributed by atoms with Crippen LogP contribution < -0.4 is 0 Å². The lowest BCUT2D eigenvalue weighted by atomic mass is 9.81. The fourth-order valence-electron chi connectivity index (χ4n) is 2.04. The van der Waals surface area contributed by atoms with Gasteiger partial charge in [-0.3, -0.25) is 0 Å². The van der Waals surface area contributed by atoms with Crippen LogP contribution in [0.4, 0.5) is 0 Å². The molecule has 4 nitrogen and oxygen atoms in total. The molecule has 0 saturated heterocycles. The Bertz CT molecular complexity index is 442. The number of nitrogens with zero attached hydrogens (tertiary/aromatic N) is 2. The van der Waals surface area contributed by atoms with Crippen LogP contribution in [0, 0.1) is 11.3 Å². The van der Waals surface area contributed by atoms with Gasteiger partial charge in [0.1, 0.15) is 10.4 Å². The Hall–Kier alpha value is -1.41. The molecule has 0 spiro atoms. The fraction of sp³-hybridized carbons (Fsp3) is 0.615. The van der Waals surface area contributed by atoms with Crippen molar-refractivity contribution >= 4 is 17.3 Å². The molecule has 0 N–H and O–H groups in total. The maximum atomic E-state index is 11.4. The van der Waals surface area contributed by atoms with Crippen molar-refractivity contribution in [2.75, 3.05) is 7.11 Å². The lowest BCUT2D eigenvalue weighted by Gasteiger charge is -2.22. The van der Waals surface area contributed by atoms with E-state index in [0.717, 1.165) is 30.7 Å². The first kappa shape index (κ1) is 14.7. The van der Waals surface area contributed by atoms with Crippen molar-refractivity contribution in [3.63, 3.8) is 0 Å². The maximum absolute atomic E-state index is 11.4. The second-order valence-electron chi connectivity index (χ2n) is 4.22. The van der Waals surface area contributed by atoms with Gasteiger partial charge in [-0.1, -0.05) is 26.7 Å². The van der Waals surface area contributed by atoms with Crippen molar-refractivity contribution in [3.8, 4) is 6.07 Å². The zero-order valence-corrected chi connectivity index (χ0v) is 11.8. The van der Waals surface area contributed by atoms with Crippen molar-refractivity contribution < 1.29 is 9.53 Å². The largest absolute Gasteiger partial charge is 0.464 e. The highest BCUT2D eigenvalue weighted by molar-refractivity contribution is 7.10. The zero-order valence-electron chi connectivity index (χ0n) is 11.0. The third-order valence-corrected chi connectivity index (χ3v) is 3.92. The highest BCUT2D eigenvalue weighted by Crippen LogP contribution is 2.35. The summed E-state index contributed by atoms with van der Waals surface area (Å²) in [5, 5.41) is 11.9. The first-order valence-corrected chi connectivity index (χ1v) is 6.97. The minimum atomic E-state index is -0.555. The molecular weight excluding hydrogens is 248 g/mol. The van der Waals surface area contributed by atoms with Crippen LogP contribution in [0.3, 0.4) is 0 Å². The summed E-state index contributed by atoms with van der Waals surface area (Å²) in [5.74, 6) is -0.447. The molecule has 1 rings (SSSR count). The van der Waals surface area contributed by atoms with E-state index in [-0.39, 0.29) is 0 Å². The van der Waals surface area contributed by atoms with Crippen molar-refractivity contribution in [3.05, 3.63) is 16.1 Å². The predicted octanol–water partition coefficient (Wildman–Crippen LogP) is 3.29. The minimum absolute atomic E-state index is 0.296. The third-order valence-electron chi connectivity index (χ3n) is 2.88. The van der Waals surface area contributed by atoms with E-state index in [1.54, 1.807) is 5.38 Å². The number of esters is 1. The second kappa shape index (κ2) is 6.50. The number of carbonyl (C=O) groups excluding carboxylic acids is 1. The first-order valence-electron chi connectivity index (χ1n) is 6.09. The SMILES string of the molecule is CCCC(C#N)(CCC)c1nc(C(=O)OC)cs1. The predicted molar refractivity (Wildman–Crippen MR) is 70.6 cm³/mol. The number of carbonyl (C=O) groups is 1. The lowest BCUT2D eigenvalue weighted by Crippen LogP contribution is -2.24. The van der Waals surface area contributed by atoms with Crippen LogP contribution in [0.5, 0.6) is 0 Å². The summed E-state index contributed by atoms with van der Waals surface area (Å²) in [5.41, 5.74) is -0.259. The summed E-state index contributed by atoms with van der Waals surface area (Å²) < 4.78 is 4.64. The Morgan fingerprint density at radius 3 is 2.56 bits per heavy atom. The highest BCUT2D eigenvalue weighted by Gasteiger charge is 2.34. The standard InChI is InChI=1S/C13H18N2O2S/c1-4-6-13(9-14,7-5-2)12-15-10(8-18-12)11(16)17-3/h8H,4-7H2,1-3H3. The quantitative estimate of drug-likeness (QED) is 0.741. The van der Waals surface area contributed by atoms with Gasteiger partial charge in [-0.15, -0.1) is 11.3 Å². The molecular formula is C13H18N2O2S. The summed E-state index contributed by atoms with van der Waals surface area (Å²) in [6.45, 7) is 4.10. The zero-order chi connectivity index (χ0) is 13.6. The van der Waals surface area contributed by atoms with Crippen molar-refractivity contribution in [2.24, 2.45) is 0 Å². The van der Waals surface area contributed by atoms with Crippen molar-refractivity contribution in [1.29, 1.82) is 5.26 Å². The molecule has 98 valence electrons. The molecule has 0 amide bonds. The highest BCUT2D eigenvalue weighted by atomic mass is 32.1. The molecule has 1 aromatic rings. The summed E-state index contributed by atoms with van der Waals surface area (Å²) in [4.78, 5) is 15.7. The van der Waals surface area contributed by atoms with E-state index in [9.17, 15) is 10.1 Å². The van der Waals surface area contributed by atoms with Gasteiger partial charge in [-0.05, 0) is 12.8 Å². The van der Waals surface area contributed by atoms with E-state index < -0.39 is 11.4 Å². The van der Waals surface area contributed by atoms with Crippen LogP contribution in [0.15, 0.2) is 5.38 Å². The van der Waals surface area contributed by atoms with Crippen LogP contribution >= 0.6 is 11.3 Å². The number of ether oxygens (including phenoxy) is 1. The molecule has 18 heavy (non-hydrogen) atoms. The van der Waals surface area contributed by atoms with Gasteiger partial charge in [0.05, 0.1) is 13.2 Å². The molecule has 0 saturated carbocycles. The van der Waals surface area contributed by atoms with E-state index in [4.69, 9.17) is 0 Å². The van der Waals surface area contributed by atoms with Gasteiger partial charge in [0, 0.05) is 5.38 Å². The van der Waals surface area contributed by atoms with E-state index >= 15 is 0 Å². The average molecular weight is 266 g/mol. The Kier molecular flexibility index (Phi) is 5.29. The smallest absolute Gasteiger partial charge is 0.357 e. The molecule has 0 aromatic carbocycles. The van der Waals surface area contributed by atoms with Crippen LogP contribution in [-0.2, 0) is 10.2 Å². The van der Waals surface area contributed by atoms with E-state index in [1.165, 1.54) is 18.4 Å². The first-order chi connectivity index (χ1) is 8.63. The number of methoxy groups -OCH3 is 1. The molecule has 0 fully saturated rings. The molecule has 1 aromatic heterocycles. The monoisotopic (exact) mass is 266 g/mol. The summed E-state index contributed by atoms with van der Waals surface area (Å²) in [6, 6.07) is 2.40. The normalized spacial score (nSPS) is 11.0. The molecule has 0 radical (unpaired) electrons. The Labute approximate surface area is 112 Å². The van der Waals surface area contributed by atoms with Crippen molar-refractivity contribution in [1.82, 2.24) is 4.98 Å².